The third-order valence-corrected chi connectivity index (χ3v) is 2.82. The molecule has 120 valence electrons. The molecule has 0 atom stereocenters. The molecule has 2 rings (SSSR count). The molecule has 10 nitrogen and oxygen atoms in total. The Labute approximate surface area is 131 Å². The van der Waals surface area contributed by atoms with E-state index in [0.717, 1.165) is 5.56 Å². The third-order valence-electron chi connectivity index (χ3n) is 2.82. The maximum atomic E-state index is 11.4. The molecule has 0 radical (unpaired) electrons. The summed E-state index contributed by atoms with van der Waals surface area (Å²) in [6, 6.07) is 6.04. The minimum atomic E-state index is -0.694. The Morgan fingerprint density at radius 1 is 1.39 bits per heavy atom. The Kier molecular flexibility index (Phi) is 4.64. The quantitative estimate of drug-likeness (QED) is 0.472. The zero-order valence-corrected chi connectivity index (χ0v) is 12.6. The van der Waals surface area contributed by atoms with Crippen molar-refractivity contribution in [1.82, 2.24) is 15.0 Å². The predicted octanol–water partition coefficient (Wildman–Crippen LogP) is 1.57. The Balaban J connectivity index is 2.24. The standard InChI is InChI=1S/C13H15N7O3/c1-19(2)18-17-13-11(12(14)21)15-10(16-13)7-8-3-5-9(6-4-8)20(22)23/h3-6H,7H2,1-2H3,(H2,14,21)(H,15,16)/b18-17+. The van der Waals surface area contributed by atoms with E-state index in [-0.39, 0.29) is 17.2 Å². The van der Waals surface area contributed by atoms with Crippen molar-refractivity contribution >= 4 is 17.4 Å². The van der Waals surface area contributed by atoms with Crippen LogP contribution < -0.4 is 5.73 Å². The van der Waals surface area contributed by atoms with Gasteiger partial charge in [-0.15, -0.1) is 5.11 Å². The fourth-order valence-corrected chi connectivity index (χ4v) is 1.80. The average Bonchev–Trinajstić information content (AvgIpc) is 2.89. The molecule has 0 unspecified atom stereocenters. The van der Waals surface area contributed by atoms with Gasteiger partial charge in [-0.1, -0.05) is 17.4 Å². The summed E-state index contributed by atoms with van der Waals surface area (Å²) in [7, 11) is 3.36. The molecule has 1 amide bonds. The summed E-state index contributed by atoms with van der Waals surface area (Å²) in [6.07, 6.45) is 0.343. The van der Waals surface area contributed by atoms with E-state index in [1.165, 1.54) is 17.1 Å². The highest BCUT2D eigenvalue weighted by Gasteiger charge is 2.15. The minimum Gasteiger partial charge on any atom is -0.364 e. The number of aromatic amines is 1. The molecule has 0 saturated carbocycles. The van der Waals surface area contributed by atoms with Crippen molar-refractivity contribution in [1.29, 1.82) is 0 Å². The Morgan fingerprint density at radius 2 is 2.04 bits per heavy atom. The lowest BCUT2D eigenvalue weighted by Gasteiger charge is -1.99. The number of carbonyl (C=O) groups excluding carboxylic acids is 1. The van der Waals surface area contributed by atoms with Gasteiger partial charge in [-0.25, -0.2) is 4.98 Å². The number of aromatic nitrogens is 2. The molecule has 0 saturated heterocycles. The summed E-state index contributed by atoms with van der Waals surface area (Å²) in [4.78, 5) is 28.5. The first-order chi connectivity index (χ1) is 10.9. The second kappa shape index (κ2) is 6.64. The molecule has 3 N–H and O–H groups in total. The van der Waals surface area contributed by atoms with E-state index in [1.807, 2.05) is 0 Å². The molecule has 0 aliphatic heterocycles. The SMILES string of the molecule is CN(C)/N=N/c1nc(Cc2ccc([N+](=O)[O-])cc2)[nH]c1C(N)=O. The number of nitro groups is 1. The summed E-state index contributed by atoms with van der Waals surface area (Å²) in [5, 5.41) is 19.7. The Morgan fingerprint density at radius 3 is 2.57 bits per heavy atom. The van der Waals surface area contributed by atoms with E-state index in [2.05, 4.69) is 20.3 Å². The largest absolute Gasteiger partial charge is 0.364 e. The van der Waals surface area contributed by atoms with Crippen molar-refractivity contribution in [3.05, 3.63) is 51.5 Å². The fraction of sp³-hybridized carbons (Fsp3) is 0.231. The van der Waals surface area contributed by atoms with Crippen molar-refractivity contribution in [2.24, 2.45) is 16.1 Å². The van der Waals surface area contributed by atoms with E-state index in [9.17, 15) is 14.9 Å². The second-order valence-corrected chi connectivity index (χ2v) is 4.88. The number of nitrogens with two attached hydrogens (primary N) is 1. The number of nitrogens with one attached hydrogen (secondary N) is 1. The van der Waals surface area contributed by atoms with Gasteiger partial charge in [0, 0.05) is 32.6 Å². The fourth-order valence-electron chi connectivity index (χ4n) is 1.80. The molecule has 0 fully saturated rings. The average molecular weight is 317 g/mol. The van der Waals surface area contributed by atoms with Gasteiger partial charge in [0.15, 0.2) is 5.69 Å². The van der Waals surface area contributed by atoms with E-state index in [4.69, 9.17) is 5.73 Å². The molecule has 0 spiro atoms. The number of non-ortho nitro benzene ring substituents is 1. The first-order valence-corrected chi connectivity index (χ1v) is 6.58. The molecule has 0 bridgehead atoms. The number of benzene rings is 1. The summed E-state index contributed by atoms with van der Waals surface area (Å²) < 4.78 is 0. The zero-order valence-electron chi connectivity index (χ0n) is 12.6. The lowest BCUT2D eigenvalue weighted by Crippen LogP contribution is -2.11. The van der Waals surface area contributed by atoms with Crippen LogP contribution in [0.5, 0.6) is 0 Å². The number of imidazole rings is 1. The first kappa shape index (κ1) is 16.1. The number of H-pyrrole nitrogens is 1. The van der Waals surface area contributed by atoms with Crippen LogP contribution in [0.3, 0.4) is 0 Å². The summed E-state index contributed by atoms with van der Waals surface area (Å²) in [5.74, 6) is -0.136. The molecule has 1 heterocycles. The van der Waals surface area contributed by atoms with Gasteiger partial charge in [-0.2, -0.15) is 0 Å². The molecule has 2 aromatic rings. The smallest absolute Gasteiger partial charge is 0.269 e. The molecular weight excluding hydrogens is 302 g/mol. The maximum absolute atomic E-state index is 11.4. The molecule has 1 aromatic heterocycles. The normalized spacial score (nSPS) is 10.9. The molecule has 10 heteroatoms. The molecule has 0 aliphatic rings. The number of hydrogen-bond donors (Lipinski definition) is 2. The van der Waals surface area contributed by atoms with Gasteiger partial charge >= 0.3 is 0 Å². The number of hydrogen-bond acceptors (Lipinski definition) is 6. The van der Waals surface area contributed by atoms with Crippen LogP contribution >= 0.6 is 0 Å². The van der Waals surface area contributed by atoms with E-state index >= 15 is 0 Å². The lowest BCUT2D eigenvalue weighted by atomic mass is 10.1. The highest BCUT2D eigenvalue weighted by Crippen LogP contribution is 2.19. The lowest BCUT2D eigenvalue weighted by molar-refractivity contribution is -0.384. The van der Waals surface area contributed by atoms with E-state index in [1.54, 1.807) is 26.2 Å². The van der Waals surface area contributed by atoms with Crippen LogP contribution in [-0.2, 0) is 6.42 Å². The number of primary amides is 1. The van der Waals surface area contributed by atoms with Crippen LogP contribution in [0.2, 0.25) is 0 Å². The number of nitro benzene ring substituents is 1. The predicted molar refractivity (Wildman–Crippen MR) is 81.2 cm³/mol. The van der Waals surface area contributed by atoms with Crippen LogP contribution in [0, 0.1) is 10.1 Å². The highest BCUT2D eigenvalue weighted by molar-refractivity contribution is 5.95. The maximum Gasteiger partial charge on any atom is 0.269 e. The van der Waals surface area contributed by atoms with Crippen LogP contribution in [0.4, 0.5) is 11.5 Å². The molecule has 0 aliphatic carbocycles. The number of nitrogens with zero attached hydrogens (tertiary/aromatic N) is 5. The van der Waals surface area contributed by atoms with Gasteiger partial charge in [-0.3, -0.25) is 19.9 Å². The van der Waals surface area contributed by atoms with E-state index < -0.39 is 10.8 Å². The second-order valence-electron chi connectivity index (χ2n) is 4.88. The Hall–Kier alpha value is -3.30. The van der Waals surface area contributed by atoms with Crippen molar-refractivity contribution < 1.29 is 9.72 Å². The number of rotatable bonds is 6. The molecule has 23 heavy (non-hydrogen) atoms. The van der Waals surface area contributed by atoms with Crippen LogP contribution in [0.15, 0.2) is 34.6 Å². The topological polar surface area (TPSA) is 143 Å². The zero-order chi connectivity index (χ0) is 17.0. The minimum absolute atomic E-state index is 0.00601. The molecule has 1 aromatic carbocycles. The van der Waals surface area contributed by atoms with Crippen molar-refractivity contribution in [3.63, 3.8) is 0 Å². The highest BCUT2D eigenvalue weighted by atomic mass is 16.6. The third kappa shape index (κ3) is 4.09. The Bertz CT molecular complexity index is 749. The van der Waals surface area contributed by atoms with Crippen LogP contribution in [0.1, 0.15) is 21.9 Å². The first-order valence-electron chi connectivity index (χ1n) is 6.58. The van der Waals surface area contributed by atoms with Crippen molar-refractivity contribution in [2.75, 3.05) is 14.1 Å². The van der Waals surface area contributed by atoms with Crippen molar-refractivity contribution in [3.8, 4) is 0 Å². The summed E-state index contributed by atoms with van der Waals surface area (Å²) in [6.45, 7) is 0. The van der Waals surface area contributed by atoms with E-state index in [0.29, 0.717) is 12.2 Å². The summed E-state index contributed by atoms with van der Waals surface area (Å²) in [5.41, 5.74) is 6.14. The monoisotopic (exact) mass is 317 g/mol. The number of amides is 1. The number of carbonyl (C=O) groups is 1. The van der Waals surface area contributed by atoms with Gasteiger partial charge < -0.3 is 10.7 Å². The summed E-state index contributed by atoms with van der Waals surface area (Å²) >= 11 is 0. The van der Waals surface area contributed by atoms with Crippen LogP contribution in [0.25, 0.3) is 0 Å². The van der Waals surface area contributed by atoms with Gasteiger partial charge in [0.25, 0.3) is 11.6 Å². The molecular formula is C13H15N7O3. The van der Waals surface area contributed by atoms with Gasteiger partial charge in [0.2, 0.25) is 5.82 Å². The van der Waals surface area contributed by atoms with Crippen LogP contribution in [-0.4, -0.2) is 39.9 Å². The van der Waals surface area contributed by atoms with Gasteiger partial charge in [0.1, 0.15) is 5.82 Å². The van der Waals surface area contributed by atoms with Crippen molar-refractivity contribution in [2.45, 2.75) is 6.42 Å². The van der Waals surface area contributed by atoms with Gasteiger partial charge in [-0.05, 0) is 5.56 Å². The van der Waals surface area contributed by atoms with Gasteiger partial charge in [0.05, 0.1) is 4.92 Å².